The van der Waals surface area contributed by atoms with Gasteiger partial charge in [-0.2, -0.15) is 0 Å². The zero-order valence-corrected chi connectivity index (χ0v) is 15.5. The lowest BCUT2D eigenvalue weighted by Gasteiger charge is -2.38. The van der Waals surface area contributed by atoms with Crippen molar-refractivity contribution in [3.63, 3.8) is 0 Å². The molecule has 6 heteroatoms. The van der Waals surface area contributed by atoms with Gasteiger partial charge in [0.1, 0.15) is 5.60 Å². The van der Waals surface area contributed by atoms with Gasteiger partial charge in [0.2, 0.25) is 0 Å². The summed E-state index contributed by atoms with van der Waals surface area (Å²) in [7, 11) is -0.109. The summed E-state index contributed by atoms with van der Waals surface area (Å²) in [4.78, 5) is 11.8. The summed E-state index contributed by atoms with van der Waals surface area (Å²) in [5.74, 6) is 0.459. The van der Waals surface area contributed by atoms with E-state index in [9.17, 15) is 4.79 Å². The van der Waals surface area contributed by atoms with E-state index in [1.165, 1.54) is 0 Å². The number of carbonyl (C=O) groups excluding carboxylic acids is 1. The highest BCUT2D eigenvalue weighted by molar-refractivity contribution is 6.49. The second-order valence-electron chi connectivity index (χ2n) is 9.55. The van der Waals surface area contributed by atoms with Crippen LogP contribution in [0.3, 0.4) is 0 Å². The van der Waals surface area contributed by atoms with Crippen LogP contribution in [0.1, 0.15) is 67.7 Å². The third-order valence-electron chi connectivity index (χ3n) is 5.88. The first-order valence-corrected chi connectivity index (χ1v) is 8.69. The Morgan fingerprint density at radius 1 is 1.09 bits per heavy atom. The van der Waals surface area contributed by atoms with Gasteiger partial charge < -0.3 is 19.4 Å². The molecule has 2 saturated carbocycles. The predicted octanol–water partition coefficient (Wildman–Crippen LogP) is 3.53. The summed E-state index contributed by atoms with van der Waals surface area (Å²) in [5, 5.41) is 2.97. The first-order chi connectivity index (χ1) is 10.3. The number of alkyl carbamates (subject to hydrolysis) is 1. The molecule has 1 spiro atoms. The van der Waals surface area contributed by atoms with Crippen molar-refractivity contribution in [3.8, 4) is 0 Å². The Kier molecular flexibility index (Phi) is 3.63. The average Bonchev–Trinajstić information content (AvgIpc) is 2.94. The molecule has 0 radical (unpaired) electrons. The average molecular weight is 323 g/mol. The van der Waals surface area contributed by atoms with Crippen molar-refractivity contribution in [1.29, 1.82) is 0 Å². The lowest BCUT2D eigenvalue weighted by Crippen LogP contribution is -2.48. The van der Waals surface area contributed by atoms with E-state index in [0.29, 0.717) is 11.2 Å². The van der Waals surface area contributed by atoms with Crippen molar-refractivity contribution in [2.75, 3.05) is 0 Å². The molecular formula is C17H30BNO4. The van der Waals surface area contributed by atoms with E-state index in [2.05, 4.69) is 33.0 Å². The molecule has 5 nitrogen and oxygen atoms in total. The van der Waals surface area contributed by atoms with Crippen molar-refractivity contribution in [3.05, 3.63) is 0 Å². The maximum atomic E-state index is 11.8. The molecule has 1 unspecified atom stereocenters. The van der Waals surface area contributed by atoms with Gasteiger partial charge in [-0.15, -0.1) is 0 Å². The Balaban J connectivity index is 1.47. The fourth-order valence-corrected chi connectivity index (χ4v) is 3.78. The van der Waals surface area contributed by atoms with Gasteiger partial charge in [-0.1, -0.05) is 0 Å². The summed E-state index contributed by atoms with van der Waals surface area (Å²) in [6, 6.07) is 0.220. The number of carbonyl (C=O) groups is 1. The van der Waals surface area contributed by atoms with Crippen LogP contribution in [0.2, 0.25) is 5.82 Å². The molecule has 0 aromatic rings. The van der Waals surface area contributed by atoms with Gasteiger partial charge in [0.25, 0.3) is 0 Å². The first kappa shape index (κ1) is 17.1. The molecule has 1 aliphatic heterocycles. The Hall–Kier alpha value is -0.745. The SMILES string of the molecule is CC(C)(C)OC(=O)NC1CC2(C1)CC2B1OC(C)(C)C(C)(C)O1. The molecule has 0 bridgehead atoms. The normalized spacial score (nSPS) is 37.4. The van der Waals surface area contributed by atoms with E-state index in [0.717, 1.165) is 19.3 Å². The Morgan fingerprint density at radius 3 is 2.09 bits per heavy atom. The predicted molar refractivity (Wildman–Crippen MR) is 89.3 cm³/mol. The lowest BCUT2D eigenvalue weighted by molar-refractivity contribution is 0.00578. The monoisotopic (exact) mass is 323 g/mol. The third kappa shape index (κ3) is 3.12. The maximum Gasteiger partial charge on any atom is 0.461 e. The zero-order valence-electron chi connectivity index (χ0n) is 15.5. The maximum absolute atomic E-state index is 11.8. The summed E-state index contributed by atoms with van der Waals surface area (Å²) >= 11 is 0. The Labute approximate surface area is 140 Å². The van der Waals surface area contributed by atoms with Crippen molar-refractivity contribution in [1.82, 2.24) is 5.32 Å². The minimum absolute atomic E-state index is 0.109. The van der Waals surface area contributed by atoms with Crippen LogP contribution in [-0.2, 0) is 14.0 Å². The number of ether oxygens (including phenoxy) is 1. The van der Waals surface area contributed by atoms with Crippen molar-refractivity contribution >= 4 is 13.2 Å². The Morgan fingerprint density at radius 2 is 1.61 bits per heavy atom. The molecule has 0 aromatic heterocycles. The molecule has 23 heavy (non-hydrogen) atoms. The Bertz CT molecular complexity index is 489. The molecule has 1 N–H and O–H groups in total. The molecule has 1 atom stereocenters. The first-order valence-electron chi connectivity index (χ1n) is 8.69. The summed E-state index contributed by atoms with van der Waals surface area (Å²) < 4.78 is 17.6. The molecule has 130 valence electrons. The highest BCUT2D eigenvalue weighted by Crippen LogP contribution is 2.71. The van der Waals surface area contributed by atoms with Crippen LogP contribution in [0.4, 0.5) is 4.79 Å². The molecule has 0 aromatic carbocycles. The molecule has 2 aliphatic carbocycles. The zero-order chi connectivity index (χ0) is 17.3. The number of rotatable bonds is 2. The second kappa shape index (κ2) is 4.88. The van der Waals surface area contributed by atoms with E-state index in [1.807, 2.05) is 20.8 Å². The largest absolute Gasteiger partial charge is 0.461 e. The highest BCUT2D eigenvalue weighted by Gasteiger charge is 2.70. The molecule has 1 saturated heterocycles. The van der Waals surface area contributed by atoms with Crippen LogP contribution in [0, 0.1) is 5.41 Å². The van der Waals surface area contributed by atoms with Gasteiger partial charge in [-0.25, -0.2) is 4.79 Å². The number of nitrogens with one attached hydrogen (secondary N) is 1. The molecular weight excluding hydrogens is 293 g/mol. The quantitative estimate of drug-likeness (QED) is 0.790. The van der Waals surface area contributed by atoms with Crippen molar-refractivity contribution in [2.45, 2.75) is 96.4 Å². The number of hydrogen-bond acceptors (Lipinski definition) is 4. The fourth-order valence-electron chi connectivity index (χ4n) is 3.78. The lowest BCUT2D eigenvalue weighted by atomic mass is 9.67. The number of hydrogen-bond donors (Lipinski definition) is 1. The topological polar surface area (TPSA) is 56.8 Å². The minimum atomic E-state index is -0.448. The summed E-state index contributed by atoms with van der Waals surface area (Å²) in [6.45, 7) is 14.0. The highest BCUT2D eigenvalue weighted by atomic mass is 16.7. The van der Waals surface area contributed by atoms with Crippen LogP contribution in [0.5, 0.6) is 0 Å². The molecule has 3 fully saturated rings. The van der Waals surface area contributed by atoms with Crippen LogP contribution >= 0.6 is 0 Å². The van der Waals surface area contributed by atoms with Crippen LogP contribution < -0.4 is 5.32 Å². The van der Waals surface area contributed by atoms with E-state index < -0.39 is 5.60 Å². The van der Waals surface area contributed by atoms with Gasteiger partial charge in [0.15, 0.2) is 0 Å². The van der Waals surface area contributed by atoms with Crippen LogP contribution in [0.25, 0.3) is 0 Å². The third-order valence-corrected chi connectivity index (χ3v) is 5.88. The van der Waals surface area contributed by atoms with Gasteiger partial charge in [-0.05, 0) is 73.1 Å². The smallest absolute Gasteiger partial charge is 0.444 e. The summed E-state index contributed by atoms with van der Waals surface area (Å²) in [5.41, 5.74) is -0.671. The molecule has 1 amide bonds. The van der Waals surface area contributed by atoms with Gasteiger partial charge in [0, 0.05) is 11.9 Å². The van der Waals surface area contributed by atoms with E-state index in [-0.39, 0.29) is 30.5 Å². The number of amides is 1. The molecule has 3 aliphatic rings. The summed E-state index contributed by atoms with van der Waals surface area (Å²) in [6.07, 6.45) is 2.82. The van der Waals surface area contributed by atoms with Crippen LogP contribution in [0.15, 0.2) is 0 Å². The molecule has 3 rings (SSSR count). The van der Waals surface area contributed by atoms with Gasteiger partial charge >= 0.3 is 13.2 Å². The second-order valence-corrected chi connectivity index (χ2v) is 9.55. The van der Waals surface area contributed by atoms with E-state index in [1.54, 1.807) is 0 Å². The minimum Gasteiger partial charge on any atom is -0.444 e. The fraction of sp³-hybridized carbons (Fsp3) is 0.941. The van der Waals surface area contributed by atoms with Crippen molar-refractivity contribution in [2.24, 2.45) is 5.41 Å². The van der Waals surface area contributed by atoms with Gasteiger partial charge in [-0.3, -0.25) is 0 Å². The van der Waals surface area contributed by atoms with E-state index in [4.69, 9.17) is 14.0 Å². The van der Waals surface area contributed by atoms with Gasteiger partial charge in [0.05, 0.1) is 11.2 Å². The van der Waals surface area contributed by atoms with Crippen molar-refractivity contribution < 1.29 is 18.8 Å². The van der Waals surface area contributed by atoms with E-state index >= 15 is 0 Å². The molecule has 1 heterocycles. The standard InChI is InChI=1S/C17H30BNO4/c1-14(2,3)21-13(20)19-11-8-17(9-11)10-12(17)18-22-15(4,5)16(6,7)23-18/h11-12H,8-10H2,1-7H3,(H,19,20). The van der Waals surface area contributed by atoms with Crippen LogP contribution in [-0.4, -0.2) is 36.1 Å².